The van der Waals surface area contributed by atoms with Crippen LogP contribution in [0.25, 0.3) is 0 Å². The molecule has 1 rings (SSSR count). The maximum Gasteiger partial charge on any atom is 0.319 e. The number of carbonyl (C=O) groups is 1. The molecule has 0 aromatic carbocycles. The van der Waals surface area contributed by atoms with Gasteiger partial charge in [-0.3, -0.25) is 4.79 Å². The van der Waals surface area contributed by atoms with Gasteiger partial charge in [0.1, 0.15) is 16.8 Å². The number of aryl methyl sites for hydroxylation is 1. The third-order valence-corrected chi connectivity index (χ3v) is 3.14. The molecular formula is C10H14O4S. The highest BCUT2D eigenvalue weighted by molar-refractivity contribution is 7.99. The van der Waals surface area contributed by atoms with Gasteiger partial charge in [-0.1, -0.05) is 6.92 Å². The Hall–Kier alpha value is -0.940. The number of furan rings is 1. The molecule has 0 bridgehead atoms. The molecule has 0 fully saturated rings. The van der Waals surface area contributed by atoms with Crippen molar-refractivity contribution in [2.45, 2.75) is 24.3 Å². The molecule has 0 spiro atoms. The van der Waals surface area contributed by atoms with Gasteiger partial charge < -0.3 is 14.6 Å². The van der Waals surface area contributed by atoms with Crippen molar-refractivity contribution in [3.63, 3.8) is 0 Å². The first kappa shape index (κ1) is 12.1. The van der Waals surface area contributed by atoms with Gasteiger partial charge in [0.05, 0.1) is 12.4 Å². The number of carboxylic acid groups (broad SMARTS) is 1. The highest BCUT2D eigenvalue weighted by Crippen LogP contribution is 2.19. The van der Waals surface area contributed by atoms with Crippen LogP contribution in [0.3, 0.4) is 0 Å². The number of aliphatic hydroxyl groups excluding tert-OH is 1. The van der Waals surface area contributed by atoms with Crippen LogP contribution in [0.15, 0.2) is 16.5 Å². The fourth-order valence-corrected chi connectivity index (χ4v) is 1.84. The summed E-state index contributed by atoms with van der Waals surface area (Å²) in [5, 5.41) is 16.7. The Balaban J connectivity index is 2.45. The van der Waals surface area contributed by atoms with Crippen LogP contribution in [-0.4, -0.2) is 28.0 Å². The molecule has 2 N–H and O–H groups in total. The van der Waals surface area contributed by atoms with Crippen LogP contribution < -0.4 is 0 Å². The fraction of sp³-hybridized carbons (Fsp3) is 0.500. The molecule has 0 aliphatic heterocycles. The van der Waals surface area contributed by atoms with Crippen LogP contribution in [0.4, 0.5) is 0 Å². The maximum absolute atomic E-state index is 10.6. The van der Waals surface area contributed by atoms with Crippen LogP contribution in [0.2, 0.25) is 0 Å². The standard InChI is InChI=1S/C10H14O4S/c1-2-7-3-4-8(14-7)6-15-9(5-11)10(12)13/h3-4,9,11H,2,5-6H2,1H3,(H,12,13). The highest BCUT2D eigenvalue weighted by Gasteiger charge is 2.17. The molecular weight excluding hydrogens is 216 g/mol. The summed E-state index contributed by atoms with van der Waals surface area (Å²) in [5.41, 5.74) is 0. The number of aliphatic hydroxyl groups is 1. The van der Waals surface area contributed by atoms with Crippen molar-refractivity contribution < 1.29 is 19.4 Å². The van der Waals surface area contributed by atoms with Crippen molar-refractivity contribution >= 4 is 17.7 Å². The SMILES string of the molecule is CCc1ccc(CSC(CO)C(=O)O)o1. The molecule has 0 saturated heterocycles. The van der Waals surface area contributed by atoms with E-state index in [0.29, 0.717) is 5.75 Å². The second-order valence-corrected chi connectivity index (χ2v) is 4.23. The molecule has 1 unspecified atom stereocenters. The smallest absolute Gasteiger partial charge is 0.319 e. The molecule has 84 valence electrons. The third kappa shape index (κ3) is 3.60. The molecule has 1 aromatic heterocycles. The van der Waals surface area contributed by atoms with Crippen molar-refractivity contribution in [2.75, 3.05) is 6.61 Å². The summed E-state index contributed by atoms with van der Waals surface area (Å²) < 4.78 is 5.41. The zero-order valence-corrected chi connectivity index (χ0v) is 9.29. The van der Waals surface area contributed by atoms with E-state index >= 15 is 0 Å². The molecule has 4 nitrogen and oxygen atoms in total. The Morgan fingerprint density at radius 3 is 2.67 bits per heavy atom. The molecule has 15 heavy (non-hydrogen) atoms. The summed E-state index contributed by atoms with van der Waals surface area (Å²) in [6.45, 7) is 1.63. The largest absolute Gasteiger partial charge is 0.480 e. The van der Waals surface area contributed by atoms with Crippen molar-refractivity contribution in [1.29, 1.82) is 0 Å². The predicted octanol–water partition coefficient (Wildman–Crippen LogP) is 1.52. The van der Waals surface area contributed by atoms with Gasteiger partial charge in [-0.05, 0) is 12.1 Å². The number of aliphatic carboxylic acids is 1. The number of rotatable bonds is 6. The zero-order chi connectivity index (χ0) is 11.3. The molecule has 5 heteroatoms. The van der Waals surface area contributed by atoms with Crippen molar-refractivity contribution in [2.24, 2.45) is 0 Å². The van der Waals surface area contributed by atoms with Crippen LogP contribution in [0, 0.1) is 0 Å². The number of hydrogen-bond acceptors (Lipinski definition) is 4. The molecule has 0 amide bonds. The van der Waals surface area contributed by atoms with Crippen molar-refractivity contribution in [1.82, 2.24) is 0 Å². The summed E-state index contributed by atoms with van der Waals surface area (Å²) in [6.07, 6.45) is 0.826. The minimum atomic E-state index is -0.996. The fourth-order valence-electron chi connectivity index (χ4n) is 1.07. The van der Waals surface area contributed by atoms with E-state index in [1.165, 1.54) is 0 Å². The summed E-state index contributed by atoms with van der Waals surface area (Å²) in [4.78, 5) is 10.6. The Morgan fingerprint density at radius 2 is 2.20 bits per heavy atom. The minimum absolute atomic E-state index is 0.360. The second-order valence-electron chi connectivity index (χ2n) is 3.04. The van der Waals surface area contributed by atoms with E-state index in [1.54, 1.807) is 0 Å². The second kappa shape index (κ2) is 5.82. The van der Waals surface area contributed by atoms with Gasteiger partial charge in [0.25, 0.3) is 0 Å². The molecule has 0 aliphatic rings. The van der Waals surface area contributed by atoms with Gasteiger partial charge in [-0.15, -0.1) is 11.8 Å². The molecule has 0 saturated carbocycles. The molecule has 1 heterocycles. The van der Waals surface area contributed by atoms with Crippen LogP contribution in [0.5, 0.6) is 0 Å². The van der Waals surface area contributed by atoms with Gasteiger partial charge in [-0.25, -0.2) is 0 Å². The Labute approximate surface area is 92.3 Å². The van der Waals surface area contributed by atoms with Gasteiger partial charge in [-0.2, -0.15) is 0 Å². The Kier molecular flexibility index (Phi) is 4.71. The van der Waals surface area contributed by atoms with E-state index in [0.717, 1.165) is 29.7 Å². The van der Waals surface area contributed by atoms with E-state index in [1.807, 2.05) is 19.1 Å². The highest BCUT2D eigenvalue weighted by atomic mass is 32.2. The lowest BCUT2D eigenvalue weighted by Gasteiger charge is -2.06. The maximum atomic E-state index is 10.6. The number of carboxylic acids is 1. The zero-order valence-electron chi connectivity index (χ0n) is 8.47. The Morgan fingerprint density at radius 1 is 1.53 bits per heavy atom. The number of hydrogen-bond donors (Lipinski definition) is 2. The van der Waals surface area contributed by atoms with Gasteiger partial charge in [0.15, 0.2) is 0 Å². The first-order chi connectivity index (χ1) is 7.17. The summed E-state index contributed by atoms with van der Waals surface area (Å²) >= 11 is 1.16. The molecule has 1 atom stereocenters. The van der Waals surface area contributed by atoms with Gasteiger partial charge >= 0.3 is 5.97 Å². The first-order valence-electron chi connectivity index (χ1n) is 4.70. The molecule has 1 aromatic rings. The summed E-state index contributed by atoms with van der Waals surface area (Å²) in [6, 6.07) is 3.72. The third-order valence-electron chi connectivity index (χ3n) is 1.93. The first-order valence-corrected chi connectivity index (χ1v) is 5.75. The minimum Gasteiger partial charge on any atom is -0.480 e. The van der Waals surface area contributed by atoms with E-state index in [4.69, 9.17) is 14.6 Å². The number of thioether (sulfide) groups is 1. The summed E-state index contributed by atoms with van der Waals surface area (Å²) in [5.74, 6) is 1.11. The van der Waals surface area contributed by atoms with E-state index in [-0.39, 0.29) is 6.61 Å². The average molecular weight is 230 g/mol. The van der Waals surface area contributed by atoms with E-state index < -0.39 is 11.2 Å². The molecule has 0 radical (unpaired) electrons. The topological polar surface area (TPSA) is 70.7 Å². The quantitative estimate of drug-likeness (QED) is 0.775. The predicted molar refractivity (Wildman–Crippen MR) is 57.9 cm³/mol. The lowest BCUT2D eigenvalue weighted by atomic mass is 10.4. The lowest BCUT2D eigenvalue weighted by molar-refractivity contribution is -0.137. The monoisotopic (exact) mass is 230 g/mol. The Bertz CT molecular complexity index is 321. The summed E-state index contributed by atoms with van der Waals surface area (Å²) in [7, 11) is 0. The van der Waals surface area contributed by atoms with Crippen LogP contribution in [-0.2, 0) is 17.0 Å². The van der Waals surface area contributed by atoms with Crippen molar-refractivity contribution in [3.8, 4) is 0 Å². The lowest BCUT2D eigenvalue weighted by Crippen LogP contribution is -2.20. The van der Waals surface area contributed by atoms with E-state index in [2.05, 4.69) is 0 Å². The van der Waals surface area contributed by atoms with Crippen molar-refractivity contribution in [3.05, 3.63) is 23.7 Å². The average Bonchev–Trinajstić information content (AvgIpc) is 2.66. The van der Waals surface area contributed by atoms with Crippen LogP contribution >= 0.6 is 11.8 Å². The van der Waals surface area contributed by atoms with Gasteiger partial charge in [0, 0.05) is 6.42 Å². The normalized spacial score (nSPS) is 12.7. The van der Waals surface area contributed by atoms with E-state index in [9.17, 15) is 4.79 Å². The van der Waals surface area contributed by atoms with Crippen LogP contribution in [0.1, 0.15) is 18.4 Å². The van der Waals surface area contributed by atoms with Gasteiger partial charge in [0.2, 0.25) is 0 Å². The molecule has 0 aliphatic carbocycles.